The first-order chi connectivity index (χ1) is 15.2. The molecule has 1 heterocycles. The Morgan fingerprint density at radius 1 is 1.13 bits per heavy atom. The summed E-state index contributed by atoms with van der Waals surface area (Å²) in [7, 11) is 1.66. The molecule has 8 heteroatoms. The van der Waals surface area contributed by atoms with E-state index in [1.807, 2.05) is 38.1 Å². The van der Waals surface area contributed by atoms with Crippen LogP contribution in [0.5, 0.6) is 5.75 Å². The van der Waals surface area contributed by atoms with Crippen molar-refractivity contribution in [2.45, 2.75) is 45.3 Å². The van der Waals surface area contributed by atoms with Crippen molar-refractivity contribution in [1.82, 2.24) is 5.32 Å². The summed E-state index contributed by atoms with van der Waals surface area (Å²) in [5.41, 5.74) is 0.942. The molecule has 176 valence electrons. The molecule has 1 fully saturated rings. The molecule has 1 aliphatic rings. The van der Waals surface area contributed by atoms with Gasteiger partial charge in [0.05, 0.1) is 38.6 Å². The van der Waals surface area contributed by atoms with E-state index in [9.17, 15) is 0 Å². The molecule has 0 saturated carbocycles. The molecule has 2 rings (SSSR count). The third-order valence-electron chi connectivity index (χ3n) is 4.50. The van der Waals surface area contributed by atoms with Crippen molar-refractivity contribution in [3.63, 3.8) is 0 Å². The lowest BCUT2D eigenvalue weighted by atomic mass is 10.2. The fourth-order valence-corrected chi connectivity index (χ4v) is 3.00. The summed E-state index contributed by atoms with van der Waals surface area (Å²) in [4.78, 5) is 4.66. The first kappa shape index (κ1) is 25.4. The smallest absolute Gasteiger partial charge is 0.195 e. The molecule has 0 spiro atoms. The molecule has 31 heavy (non-hydrogen) atoms. The van der Waals surface area contributed by atoms with Gasteiger partial charge in [-0.25, -0.2) is 0 Å². The van der Waals surface area contributed by atoms with Crippen molar-refractivity contribution in [1.29, 1.82) is 0 Å². The standard InChI is InChI=1S/C23H39N3O5/c1-19(2)31-21-9-7-20(8-10-21)26-23(25-12-15-28-17-16-27-3)24-11-5-13-29-18-22-6-4-14-30-22/h7-10,19,22H,4-6,11-18H2,1-3H3,(H2,24,25,26). The van der Waals surface area contributed by atoms with Crippen molar-refractivity contribution in [2.24, 2.45) is 4.99 Å². The van der Waals surface area contributed by atoms with Crippen LogP contribution in [0.25, 0.3) is 0 Å². The Bertz CT molecular complexity index is 604. The van der Waals surface area contributed by atoms with Crippen molar-refractivity contribution in [3.8, 4) is 5.75 Å². The van der Waals surface area contributed by atoms with E-state index in [0.29, 0.717) is 52.1 Å². The van der Waals surface area contributed by atoms with Gasteiger partial charge >= 0.3 is 0 Å². The first-order valence-corrected chi connectivity index (χ1v) is 11.3. The lowest BCUT2D eigenvalue weighted by molar-refractivity contribution is 0.0171. The Hall–Kier alpha value is -1.87. The molecule has 8 nitrogen and oxygen atoms in total. The minimum atomic E-state index is 0.151. The maximum atomic E-state index is 5.72. The number of ether oxygens (including phenoxy) is 5. The van der Waals surface area contributed by atoms with Gasteiger partial charge < -0.3 is 34.3 Å². The van der Waals surface area contributed by atoms with Crippen LogP contribution in [0.15, 0.2) is 29.3 Å². The van der Waals surface area contributed by atoms with E-state index in [4.69, 9.17) is 23.7 Å². The van der Waals surface area contributed by atoms with Gasteiger partial charge in [-0.15, -0.1) is 0 Å². The van der Waals surface area contributed by atoms with Crippen LogP contribution in [-0.2, 0) is 18.9 Å². The summed E-state index contributed by atoms with van der Waals surface area (Å²) >= 11 is 0. The van der Waals surface area contributed by atoms with Gasteiger partial charge in [-0.1, -0.05) is 0 Å². The molecule has 1 saturated heterocycles. The van der Waals surface area contributed by atoms with Crippen molar-refractivity contribution < 1.29 is 23.7 Å². The Morgan fingerprint density at radius 2 is 1.97 bits per heavy atom. The largest absolute Gasteiger partial charge is 0.491 e. The lowest BCUT2D eigenvalue weighted by Gasteiger charge is -2.14. The summed E-state index contributed by atoms with van der Waals surface area (Å²) in [5.74, 6) is 1.56. The van der Waals surface area contributed by atoms with Crippen LogP contribution < -0.4 is 15.4 Å². The zero-order valence-electron chi connectivity index (χ0n) is 19.2. The SMILES string of the molecule is COCCOCCNC(=NCCCOCC1CCCO1)Nc1ccc(OC(C)C)cc1. The summed E-state index contributed by atoms with van der Waals surface area (Å²) in [6.45, 7) is 9.32. The predicted molar refractivity (Wildman–Crippen MR) is 123 cm³/mol. The molecule has 0 aromatic heterocycles. The zero-order chi connectivity index (χ0) is 22.2. The Morgan fingerprint density at radius 3 is 2.68 bits per heavy atom. The highest BCUT2D eigenvalue weighted by Gasteiger charge is 2.14. The number of nitrogens with one attached hydrogen (secondary N) is 2. The number of nitrogens with zero attached hydrogens (tertiary/aromatic N) is 1. The highest BCUT2D eigenvalue weighted by molar-refractivity contribution is 5.93. The Kier molecular flexibility index (Phi) is 13.0. The molecule has 1 aromatic carbocycles. The van der Waals surface area contributed by atoms with Gasteiger partial charge in [-0.2, -0.15) is 0 Å². The van der Waals surface area contributed by atoms with Crippen molar-refractivity contribution >= 4 is 11.6 Å². The monoisotopic (exact) mass is 437 g/mol. The molecule has 1 aliphatic heterocycles. The molecule has 1 atom stereocenters. The third-order valence-corrected chi connectivity index (χ3v) is 4.50. The number of guanidine groups is 1. The number of anilines is 1. The van der Waals surface area contributed by atoms with E-state index < -0.39 is 0 Å². The van der Waals surface area contributed by atoms with Gasteiger partial charge in [-0.05, 0) is 57.4 Å². The fourth-order valence-electron chi connectivity index (χ4n) is 3.00. The second-order valence-corrected chi connectivity index (χ2v) is 7.64. The van der Waals surface area contributed by atoms with E-state index >= 15 is 0 Å². The number of hydrogen-bond donors (Lipinski definition) is 2. The van der Waals surface area contributed by atoms with E-state index in [0.717, 1.165) is 37.3 Å². The molecule has 0 aliphatic carbocycles. The van der Waals surface area contributed by atoms with Gasteiger partial charge in [0.2, 0.25) is 0 Å². The molecular formula is C23H39N3O5. The van der Waals surface area contributed by atoms with Gasteiger partial charge in [0.15, 0.2) is 5.96 Å². The summed E-state index contributed by atoms with van der Waals surface area (Å²) < 4.78 is 27.5. The molecule has 0 amide bonds. The second kappa shape index (κ2) is 15.9. The average Bonchev–Trinajstić information content (AvgIpc) is 3.27. The predicted octanol–water partition coefficient (Wildman–Crippen LogP) is 3.08. The van der Waals surface area contributed by atoms with E-state index in [1.54, 1.807) is 7.11 Å². The number of rotatable bonds is 15. The van der Waals surface area contributed by atoms with Crippen molar-refractivity contribution in [2.75, 3.05) is 65.2 Å². The van der Waals surface area contributed by atoms with Crippen LogP contribution in [-0.4, -0.2) is 78.0 Å². The normalized spacial score (nSPS) is 16.6. The van der Waals surface area contributed by atoms with Crippen LogP contribution in [0, 0.1) is 0 Å². The summed E-state index contributed by atoms with van der Waals surface area (Å²) in [6.07, 6.45) is 3.51. The lowest BCUT2D eigenvalue weighted by Crippen LogP contribution is -2.34. The molecular weight excluding hydrogens is 398 g/mol. The number of aliphatic imine (C=N–C) groups is 1. The van der Waals surface area contributed by atoms with Gasteiger partial charge in [-0.3, -0.25) is 4.99 Å². The number of hydrogen-bond acceptors (Lipinski definition) is 6. The van der Waals surface area contributed by atoms with Gasteiger partial charge in [0.25, 0.3) is 0 Å². The van der Waals surface area contributed by atoms with Crippen LogP contribution in [0.1, 0.15) is 33.1 Å². The minimum Gasteiger partial charge on any atom is -0.491 e. The maximum absolute atomic E-state index is 5.72. The van der Waals surface area contributed by atoms with Crippen LogP contribution >= 0.6 is 0 Å². The number of benzene rings is 1. The van der Waals surface area contributed by atoms with Gasteiger partial charge in [0.1, 0.15) is 5.75 Å². The Balaban J connectivity index is 1.76. The fraction of sp³-hybridized carbons (Fsp3) is 0.696. The quantitative estimate of drug-likeness (QED) is 0.248. The molecule has 0 radical (unpaired) electrons. The highest BCUT2D eigenvalue weighted by atomic mass is 16.5. The zero-order valence-corrected chi connectivity index (χ0v) is 19.2. The second-order valence-electron chi connectivity index (χ2n) is 7.64. The summed E-state index contributed by atoms with van der Waals surface area (Å²) in [6, 6.07) is 7.86. The van der Waals surface area contributed by atoms with E-state index in [-0.39, 0.29) is 12.2 Å². The molecule has 1 aromatic rings. The third kappa shape index (κ3) is 11.9. The van der Waals surface area contributed by atoms with Crippen LogP contribution in [0.4, 0.5) is 5.69 Å². The highest BCUT2D eigenvalue weighted by Crippen LogP contribution is 2.17. The van der Waals surface area contributed by atoms with Crippen LogP contribution in [0.3, 0.4) is 0 Å². The average molecular weight is 438 g/mol. The van der Waals surface area contributed by atoms with Gasteiger partial charge in [0, 0.05) is 39.1 Å². The van der Waals surface area contributed by atoms with Crippen LogP contribution in [0.2, 0.25) is 0 Å². The van der Waals surface area contributed by atoms with E-state index in [2.05, 4.69) is 15.6 Å². The Labute approximate surface area is 186 Å². The number of methoxy groups -OCH3 is 1. The molecule has 0 bridgehead atoms. The minimum absolute atomic E-state index is 0.151. The first-order valence-electron chi connectivity index (χ1n) is 11.3. The topological polar surface area (TPSA) is 82.6 Å². The summed E-state index contributed by atoms with van der Waals surface area (Å²) in [5, 5.41) is 6.65. The molecule has 2 N–H and O–H groups in total. The maximum Gasteiger partial charge on any atom is 0.195 e. The molecule has 1 unspecified atom stereocenters. The van der Waals surface area contributed by atoms with Crippen molar-refractivity contribution in [3.05, 3.63) is 24.3 Å². The van der Waals surface area contributed by atoms with E-state index in [1.165, 1.54) is 0 Å².